The molecule has 1 aromatic carbocycles. The largest absolute Gasteiger partial charge is 0.480 e. The van der Waals surface area contributed by atoms with E-state index in [1.165, 1.54) is 18.7 Å². The molecule has 0 aliphatic heterocycles. The average Bonchev–Trinajstić information content (AvgIpc) is 3.30. The first-order valence-electron chi connectivity index (χ1n) is 12.5. The summed E-state index contributed by atoms with van der Waals surface area (Å²) >= 11 is 1.45. The molecule has 0 spiro atoms. The number of amides is 3. The van der Waals surface area contributed by atoms with E-state index >= 15 is 0 Å². The summed E-state index contributed by atoms with van der Waals surface area (Å²) in [6, 6.07) is 3.54. The minimum Gasteiger partial charge on any atom is -0.480 e. The summed E-state index contributed by atoms with van der Waals surface area (Å²) in [7, 11) is 0. The van der Waals surface area contributed by atoms with Gasteiger partial charge in [0.15, 0.2) is 5.96 Å². The number of nitrogens with one attached hydrogen (secondary N) is 4. The molecule has 2 aromatic rings. The number of hydrogen-bond donors (Lipinski definition) is 8. The number of fused-ring (bicyclic) bond motifs is 1. The second-order valence-corrected chi connectivity index (χ2v) is 10.1. The maximum Gasteiger partial charge on any atom is 0.326 e. The fourth-order valence-electron chi connectivity index (χ4n) is 3.85. The molecule has 39 heavy (non-hydrogen) atoms. The molecule has 3 amide bonds. The van der Waals surface area contributed by atoms with E-state index in [-0.39, 0.29) is 31.8 Å². The molecule has 0 saturated heterocycles. The molecule has 2 rings (SSSR count). The van der Waals surface area contributed by atoms with Crippen LogP contribution in [0.1, 0.15) is 31.7 Å². The molecule has 11 N–H and O–H groups in total. The Labute approximate surface area is 231 Å². The fraction of sp³-hybridized carbons (Fsp3) is 0.480. The van der Waals surface area contributed by atoms with Crippen molar-refractivity contribution in [2.24, 2.45) is 22.2 Å². The third kappa shape index (κ3) is 10.1. The number of thioether (sulfide) groups is 1. The molecule has 0 radical (unpaired) electrons. The number of benzene rings is 1. The normalized spacial score (nSPS) is 14.0. The number of carboxylic acids is 1. The summed E-state index contributed by atoms with van der Waals surface area (Å²) in [5.41, 5.74) is 18.6. The van der Waals surface area contributed by atoms with Gasteiger partial charge < -0.3 is 43.2 Å². The van der Waals surface area contributed by atoms with Crippen LogP contribution in [0.25, 0.3) is 10.9 Å². The number of aliphatic carboxylic acids is 1. The summed E-state index contributed by atoms with van der Waals surface area (Å²) < 4.78 is 0. The van der Waals surface area contributed by atoms with Crippen LogP contribution in [-0.2, 0) is 25.6 Å². The Balaban J connectivity index is 2.01. The second kappa shape index (κ2) is 15.6. The Kier molecular flexibility index (Phi) is 12.6. The molecule has 214 valence electrons. The number of nitrogens with zero attached hydrogens (tertiary/aromatic N) is 1. The first-order chi connectivity index (χ1) is 18.5. The van der Waals surface area contributed by atoms with E-state index in [9.17, 15) is 24.3 Å². The van der Waals surface area contributed by atoms with Crippen LogP contribution in [0.15, 0.2) is 35.5 Å². The average molecular weight is 563 g/mol. The van der Waals surface area contributed by atoms with Crippen molar-refractivity contribution in [3.63, 3.8) is 0 Å². The van der Waals surface area contributed by atoms with Gasteiger partial charge in [0.25, 0.3) is 0 Å². The third-order valence-electron chi connectivity index (χ3n) is 6.01. The molecule has 1 aromatic heterocycles. The van der Waals surface area contributed by atoms with Gasteiger partial charge in [-0.15, -0.1) is 0 Å². The van der Waals surface area contributed by atoms with Crippen molar-refractivity contribution >= 4 is 52.3 Å². The molecule has 0 aliphatic rings. The van der Waals surface area contributed by atoms with Crippen molar-refractivity contribution in [1.29, 1.82) is 0 Å². The lowest BCUT2D eigenvalue weighted by molar-refractivity contribution is -0.142. The maximum atomic E-state index is 12.9. The van der Waals surface area contributed by atoms with Gasteiger partial charge in [0, 0.05) is 23.6 Å². The SMILES string of the molecule is CSCCC(NC(=O)C(CCCN=C(N)N)NC(=O)C(C)NC(=O)C(N)Cc1c[nH]c2ccccc12)C(=O)O. The molecule has 4 unspecified atom stereocenters. The van der Waals surface area contributed by atoms with Crippen molar-refractivity contribution < 1.29 is 24.3 Å². The lowest BCUT2D eigenvalue weighted by atomic mass is 10.0. The van der Waals surface area contributed by atoms with E-state index in [2.05, 4.69) is 25.9 Å². The van der Waals surface area contributed by atoms with Crippen molar-refractivity contribution in [3.8, 4) is 0 Å². The fourth-order valence-corrected chi connectivity index (χ4v) is 4.32. The predicted octanol–water partition coefficient (Wildman–Crippen LogP) is -0.597. The molecule has 13 nitrogen and oxygen atoms in total. The highest BCUT2D eigenvalue weighted by Gasteiger charge is 2.28. The number of guanidine groups is 1. The Hall–Kier alpha value is -3.78. The Morgan fingerprint density at radius 2 is 1.72 bits per heavy atom. The lowest BCUT2D eigenvalue weighted by Gasteiger charge is -2.23. The molecular formula is C25H38N8O5S. The number of carboxylic acid groups (broad SMARTS) is 1. The van der Waals surface area contributed by atoms with Gasteiger partial charge in [-0.25, -0.2) is 4.79 Å². The highest BCUT2D eigenvalue weighted by atomic mass is 32.2. The van der Waals surface area contributed by atoms with Crippen molar-refractivity contribution in [1.82, 2.24) is 20.9 Å². The van der Waals surface area contributed by atoms with E-state index in [1.807, 2.05) is 30.5 Å². The smallest absolute Gasteiger partial charge is 0.326 e. The maximum absolute atomic E-state index is 12.9. The number of hydrogen-bond acceptors (Lipinski definition) is 7. The predicted molar refractivity (Wildman–Crippen MR) is 152 cm³/mol. The minimum absolute atomic E-state index is 0.108. The van der Waals surface area contributed by atoms with E-state index in [0.29, 0.717) is 12.2 Å². The van der Waals surface area contributed by atoms with Crippen LogP contribution in [0.4, 0.5) is 0 Å². The van der Waals surface area contributed by atoms with E-state index in [4.69, 9.17) is 17.2 Å². The molecule has 0 aliphatic carbocycles. The van der Waals surface area contributed by atoms with Gasteiger partial charge in [0.1, 0.15) is 18.1 Å². The number of carbonyl (C=O) groups excluding carboxylic acids is 3. The van der Waals surface area contributed by atoms with Crippen LogP contribution in [0.3, 0.4) is 0 Å². The summed E-state index contributed by atoms with van der Waals surface area (Å²) in [6.07, 6.45) is 4.59. The molecule has 1 heterocycles. The zero-order valence-corrected chi connectivity index (χ0v) is 22.9. The van der Waals surface area contributed by atoms with E-state index in [0.717, 1.165) is 16.5 Å². The minimum atomic E-state index is -1.17. The number of aromatic amines is 1. The Morgan fingerprint density at radius 1 is 1.03 bits per heavy atom. The first-order valence-corrected chi connectivity index (χ1v) is 13.9. The topological polar surface area (TPSA) is 231 Å². The van der Waals surface area contributed by atoms with Gasteiger partial charge in [-0.2, -0.15) is 11.8 Å². The van der Waals surface area contributed by atoms with Crippen LogP contribution in [0.2, 0.25) is 0 Å². The molecule has 0 fully saturated rings. The van der Waals surface area contributed by atoms with Gasteiger partial charge in [0.2, 0.25) is 17.7 Å². The highest BCUT2D eigenvalue weighted by Crippen LogP contribution is 2.18. The molecule has 14 heteroatoms. The summed E-state index contributed by atoms with van der Waals surface area (Å²) in [5.74, 6) is -2.56. The zero-order valence-electron chi connectivity index (χ0n) is 22.1. The number of H-pyrrole nitrogens is 1. The van der Waals surface area contributed by atoms with Crippen LogP contribution in [-0.4, -0.2) is 82.5 Å². The van der Waals surface area contributed by atoms with Crippen LogP contribution >= 0.6 is 11.8 Å². The molecule has 0 saturated carbocycles. The van der Waals surface area contributed by atoms with Crippen molar-refractivity contribution in [3.05, 3.63) is 36.0 Å². The summed E-state index contributed by atoms with van der Waals surface area (Å²) in [6.45, 7) is 1.68. The van der Waals surface area contributed by atoms with Crippen LogP contribution in [0.5, 0.6) is 0 Å². The highest BCUT2D eigenvalue weighted by molar-refractivity contribution is 7.98. The lowest BCUT2D eigenvalue weighted by Crippen LogP contribution is -2.56. The van der Waals surface area contributed by atoms with E-state index < -0.39 is 47.9 Å². The van der Waals surface area contributed by atoms with Crippen molar-refractivity contribution in [2.45, 2.75) is 56.8 Å². The van der Waals surface area contributed by atoms with Gasteiger partial charge in [0.05, 0.1) is 6.04 Å². The van der Waals surface area contributed by atoms with Crippen molar-refractivity contribution in [2.75, 3.05) is 18.6 Å². The number of rotatable bonds is 16. The number of para-hydroxylation sites is 1. The molecule has 4 atom stereocenters. The third-order valence-corrected chi connectivity index (χ3v) is 6.65. The quantitative estimate of drug-likeness (QED) is 0.0740. The Morgan fingerprint density at radius 3 is 2.38 bits per heavy atom. The summed E-state index contributed by atoms with van der Waals surface area (Å²) in [4.78, 5) is 57.1. The van der Waals surface area contributed by atoms with Gasteiger partial charge in [-0.3, -0.25) is 19.4 Å². The standard InChI is InChI=1S/C25H38N8O5S/c1-14(31-22(35)17(26)12-15-13-30-18-7-4-3-6-16(15)18)21(34)32-19(8-5-10-29-25(27)28)23(36)33-20(24(37)38)9-11-39-2/h3-4,6-7,13-14,17,19-20,30H,5,8-12,26H2,1-2H3,(H,31,35)(H,32,34)(H,33,36)(H,37,38)(H4,27,28,29). The molecular weight excluding hydrogens is 524 g/mol. The van der Waals surface area contributed by atoms with E-state index in [1.54, 1.807) is 6.20 Å². The van der Waals surface area contributed by atoms with Gasteiger partial charge in [-0.05, 0) is 56.2 Å². The van der Waals surface area contributed by atoms with Crippen LogP contribution < -0.4 is 33.2 Å². The molecule has 0 bridgehead atoms. The zero-order chi connectivity index (χ0) is 28.9. The van der Waals surface area contributed by atoms with Gasteiger partial charge in [-0.1, -0.05) is 18.2 Å². The number of nitrogens with two attached hydrogens (primary N) is 3. The van der Waals surface area contributed by atoms with Crippen LogP contribution in [0, 0.1) is 0 Å². The second-order valence-electron chi connectivity index (χ2n) is 9.09. The summed E-state index contributed by atoms with van der Waals surface area (Å²) in [5, 5.41) is 18.1. The number of carbonyl (C=O) groups is 4. The first kappa shape index (κ1) is 31.4. The Bertz CT molecular complexity index is 1170. The monoisotopic (exact) mass is 562 g/mol. The van der Waals surface area contributed by atoms with Gasteiger partial charge >= 0.3 is 5.97 Å². The number of aliphatic imine (C=N–C) groups is 1. The number of aromatic nitrogens is 1.